The Kier molecular flexibility index (Phi) is 3.84. The van der Waals surface area contributed by atoms with Gasteiger partial charge in [0.1, 0.15) is 0 Å². The summed E-state index contributed by atoms with van der Waals surface area (Å²) >= 11 is 0. The van der Waals surface area contributed by atoms with Gasteiger partial charge in [-0.15, -0.1) is 5.10 Å². The summed E-state index contributed by atoms with van der Waals surface area (Å²) in [5.41, 5.74) is 2.33. The van der Waals surface area contributed by atoms with Gasteiger partial charge in [-0.3, -0.25) is 9.69 Å². The Balaban J connectivity index is 1.32. The highest BCUT2D eigenvalue weighted by molar-refractivity contribution is 5.42. The third kappa shape index (κ3) is 3.06. The Labute approximate surface area is 141 Å². The van der Waals surface area contributed by atoms with Crippen molar-refractivity contribution in [3.63, 3.8) is 0 Å². The second-order valence-corrected chi connectivity index (χ2v) is 7.05. The largest absolute Gasteiger partial charge is 0.352 e. The van der Waals surface area contributed by atoms with Crippen molar-refractivity contribution in [2.75, 3.05) is 25.0 Å². The lowest BCUT2D eigenvalue weighted by Gasteiger charge is -2.44. The van der Waals surface area contributed by atoms with Gasteiger partial charge in [0.05, 0.1) is 5.69 Å². The number of rotatable bonds is 5. The number of aryl methyl sites for hydroxylation is 1. The third-order valence-electron chi connectivity index (χ3n) is 5.06. The van der Waals surface area contributed by atoms with E-state index >= 15 is 0 Å². The van der Waals surface area contributed by atoms with Gasteiger partial charge in [-0.2, -0.15) is 5.10 Å². The fourth-order valence-electron chi connectivity index (χ4n) is 3.18. The molecule has 24 heavy (non-hydrogen) atoms. The topological polar surface area (TPSA) is 54.3 Å². The van der Waals surface area contributed by atoms with Crippen LogP contribution < -0.4 is 10.5 Å². The number of anilines is 1. The second-order valence-electron chi connectivity index (χ2n) is 7.05. The summed E-state index contributed by atoms with van der Waals surface area (Å²) in [5.74, 6) is 1.63. The van der Waals surface area contributed by atoms with E-state index in [1.54, 1.807) is 17.7 Å². The number of hydrogen-bond acceptors (Lipinski definition) is 5. The normalized spacial score (nSPS) is 18.0. The molecule has 1 saturated heterocycles. The molecule has 3 heterocycles. The molecule has 0 amide bonds. The Hall–Kier alpha value is -2.21. The first kappa shape index (κ1) is 15.3. The molecule has 6 nitrogen and oxygen atoms in total. The van der Waals surface area contributed by atoms with E-state index in [-0.39, 0.29) is 5.56 Å². The summed E-state index contributed by atoms with van der Waals surface area (Å²) in [7, 11) is 3.93. The van der Waals surface area contributed by atoms with Crippen LogP contribution in [0.5, 0.6) is 0 Å². The average Bonchev–Trinajstić information content (AvgIpc) is 3.35. The fraction of sp³-hybridized carbons (Fsp3) is 0.500. The van der Waals surface area contributed by atoms with Gasteiger partial charge in [-0.05, 0) is 37.6 Å². The molecule has 0 aromatic carbocycles. The molecule has 0 radical (unpaired) electrons. The molecule has 6 heteroatoms. The van der Waals surface area contributed by atoms with Crippen LogP contribution in [0.3, 0.4) is 0 Å². The summed E-state index contributed by atoms with van der Waals surface area (Å²) in [5, 5.41) is 8.74. The van der Waals surface area contributed by atoms with Crippen molar-refractivity contribution in [3.8, 4) is 0 Å². The average molecular weight is 325 g/mol. The molecule has 2 aromatic heterocycles. The van der Waals surface area contributed by atoms with Crippen molar-refractivity contribution in [1.29, 1.82) is 0 Å². The zero-order valence-electron chi connectivity index (χ0n) is 14.2. The maximum atomic E-state index is 11.5. The van der Waals surface area contributed by atoms with Gasteiger partial charge < -0.3 is 9.47 Å². The molecule has 0 unspecified atom stereocenters. The molecule has 0 bridgehead atoms. The van der Waals surface area contributed by atoms with E-state index in [0.717, 1.165) is 36.7 Å². The van der Waals surface area contributed by atoms with E-state index in [0.29, 0.717) is 12.0 Å². The highest BCUT2D eigenvalue weighted by Gasteiger charge is 2.32. The van der Waals surface area contributed by atoms with Crippen LogP contribution in [-0.2, 0) is 13.6 Å². The molecule has 126 valence electrons. The summed E-state index contributed by atoms with van der Waals surface area (Å²) < 4.78 is 1.63. The van der Waals surface area contributed by atoms with E-state index in [9.17, 15) is 4.79 Å². The number of hydrogen-bond donors (Lipinski definition) is 0. The highest BCUT2D eigenvalue weighted by atomic mass is 16.1. The molecule has 0 spiro atoms. The molecule has 1 aliphatic heterocycles. The lowest BCUT2D eigenvalue weighted by molar-refractivity contribution is 0.196. The van der Waals surface area contributed by atoms with Crippen molar-refractivity contribution in [2.45, 2.75) is 31.3 Å². The molecule has 1 saturated carbocycles. The van der Waals surface area contributed by atoms with Gasteiger partial charge in [-0.1, -0.05) is 6.07 Å². The Morgan fingerprint density at radius 2 is 1.96 bits per heavy atom. The molecular weight excluding hydrogens is 302 g/mol. The van der Waals surface area contributed by atoms with Crippen molar-refractivity contribution in [1.82, 2.24) is 19.7 Å². The van der Waals surface area contributed by atoms with Gasteiger partial charge in [0.15, 0.2) is 5.82 Å². The lowest BCUT2D eigenvalue weighted by Crippen LogP contribution is -2.58. The highest BCUT2D eigenvalue weighted by Crippen LogP contribution is 2.38. The minimum absolute atomic E-state index is 0.0319. The maximum absolute atomic E-state index is 11.5. The second kappa shape index (κ2) is 6.02. The molecule has 4 rings (SSSR count). The minimum Gasteiger partial charge on any atom is -0.352 e. The van der Waals surface area contributed by atoms with Crippen LogP contribution >= 0.6 is 0 Å². The molecule has 1 aliphatic carbocycles. The van der Waals surface area contributed by atoms with Gasteiger partial charge >= 0.3 is 0 Å². The van der Waals surface area contributed by atoms with Crippen LogP contribution in [0.15, 0.2) is 35.3 Å². The first-order valence-corrected chi connectivity index (χ1v) is 8.54. The predicted molar refractivity (Wildman–Crippen MR) is 93.2 cm³/mol. The zero-order valence-corrected chi connectivity index (χ0v) is 14.2. The minimum atomic E-state index is 0.0319. The third-order valence-corrected chi connectivity index (χ3v) is 5.06. The maximum Gasteiger partial charge on any atom is 0.250 e. The van der Waals surface area contributed by atoms with Gasteiger partial charge in [0.25, 0.3) is 0 Å². The van der Waals surface area contributed by atoms with E-state index < -0.39 is 0 Å². The number of nitrogens with zero attached hydrogens (tertiary/aromatic N) is 5. The van der Waals surface area contributed by atoms with E-state index in [1.165, 1.54) is 12.8 Å². The first-order chi connectivity index (χ1) is 11.6. The number of likely N-dealkylation sites (N-methyl/N-ethyl adjacent to an activating group) is 1. The molecule has 0 N–H and O–H groups in total. The summed E-state index contributed by atoms with van der Waals surface area (Å²) in [6.45, 7) is 2.79. The molecule has 2 aliphatic rings. The van der Waals surface area contributed by atoms with Crippen LogP contribution in [0.1, 0.15) is 30.0 Å². The predicted octanol–water partition coefficient (Wildman–Crippen LogP) is 1.37. The fourth-order valence-corrected chi connectivity index (χ4v) is 3.18. The van der Waals surface area contributed by atoms with Crippen molar-refractivity contribution >= 4 is 5.82 Å². The van der Waals surface area contributed by atoms with E-state index in [4.69, 9.17) is 0 Å². The Bertz CT molecular complexity index is 775. The standard InChI is InChI=1S/C18H23N5O/c1-21(9-13-3-8-18(24)22(2)10-13)15-11-23(12-15)17-7-6-16(19-20-17)14-4-5-14/h3,6-8,10,14-15H,4-5,9,11-12H2,1-2H3. The summed E-state index contributed by atoms with van der Waals surface area (Å²) in [6.07, 6.45) is 4.43. The number of aromatic nitrogens is 3. The van der Waals surface area contributed by atoms with Gasteiger partial charge in [0, 0.05) is 50.9 Å². The monoisotopic (exact) mass is 325 g/mol. The van der Waals surface area contributed by atoms with Crippen molar-refractivity contribution in [3.05, 3.63) is 52.1 Å². The smallest absolute Gasteiger partial charge is 0.250 e. The Morgan fingerprint density at radius 1 is 1.17 bits per heavy atom. The van der Waals surface area contributed by atoms with Crippen LogP contribution in [0.25, 0.3) is 0 Å². The SMILES string of the molecule is CN(Cc1ccc(=O)n(C)c1)C1CN(c2ccc(C3CC3)nn2)C1. The van der Waals surface area contributed by atoms with Gasteiger partial charge in [-0.25, -0.2) is 0 Å². The number of pyridine rings is 1. The quantitative estimate of drug-likeness (QED) is 0.831. The van der Waals surface area contributed by atoms with Crippen LogP contribution in [-0.4, -0.2) is 45.8 Å². The molecule has 0 atom stereocenters. The summed E-state index contributed by atoms with van der Waals surface area (Å²) in [4.78, 5) is 16.1. The van der Waals surface area contributed by atoms with Crippen LogP contribution in [0.4, 0.5) is 5.82 Å². The Morgan fingerprint density at radius 3 is 2.58 bits per heavy atom. The van der Waals surface area contributed by atoms with E-state index in [2.05, 4.69) is 39.2 Å². The zero-order chi connectivity index (χ0) is 16.7. The lowest BCUT2D eigenvalue weighted by atomic mass is 10.1. The molecule has 2 fully saturated rings. The first-order valence-electron chi connectivity index (χ1n) is 8.54. The van der Waals surface area contributed by atoms with Crippen molar-refractivity contribution in [2.24, 2.45) is 7.05 Å². The molecule has 2 aromatic rings. The van der Waals surface area contributed by atoms with Gasteiger partial charge in [0.2, 0.25) is 5.56 Å². The summed E-state index contributed by atoms with van der Waals surface area (Å²) in [6, 6.07) is 8.28. The van der Waals surface area contributed by atoms with E-state index in [1.807, 2.05) is 12.3 Å². The van der Waals surface area contributed by atoms with Crippen LogP contribution in [0.2, 0.25) is 0 Å². The van der Waals surface area contributed by atoms with Crippen molar-refractivity contribution < 1.29 is 0 Å². The molecular formula is C18H23N5O. The van der Waals surface area contributed by atoms with Crippen LogP contribution in [0, 0.1) is 0 Å².